The van der Waals surface area contributed by atoms with Crippen molar-refractivity contribution in [2.45, 2.75) is 12.8 Å². The summed E-state index contributed by atoms with van der Waals surface area (Å²) in [5, 5.41) is 20.3. The fourth-order valence-electron chi connectivity index (χ4n) is 3.26. The van der Waals surface area contributed by atoms with Crippen LogP contribution in [0.2, 0.25) is 0 Å². The first-order valence-corrected chi connectivity index (χ1v) is 9.75. The minimum Gasteiger partial charge on any atom is -0.508 e. The van der Waals surface area contributed by atoms with Gasteiger partial charge in [0.1, 0.15) is 5.75 Å². The number of hydrogen-bond donors (Lipinski definition) is 3. The zero-order chi connectivity index (χ0) is 20.1. The smallest absolute Gasteiger partial charge is 0.180 e. The summed E-state index contributed by atoms with van der Waals surface area (Å²) in [4.78, 5) is 9.06. The van der Waals surface area contributed by atoms with Gasteiger partial charge in [0.25, 0.3) is 0 Å². The number of aromatic nitrogens is 4. The van der Waals surface area contributed by atoms with Crippen LogP contribution in [-0.2, 0) is 7.05 Å². The van der Waals surface area contributed by atoms with E-state index < -0.39 is 0 Å². The van der Waals surface area contributed by atoms with E-state index in [4.69, 9.17) is 0 Å². The van der Waals surface area contributed by atoms with Crippen LogP contribution in [0.3, 0.4) is 0 Å². The number of amidine groups is 1. The molecule has 0 aliphatic carbocycles. The number of nitrogens with zero attached hydrogens (tertiary/aromatic N) is 5. The van der Waals surface area contributed by atoms with Crippen molar-refractivity contribution < 1.29 is 5.11 Å². The molecule has 8 heteroatoms. The average molecular weight is 391 g/mol. The first-order valence-electron chi connectivity index (χ1n) is 9.75. The Morgan fingerprint density at radius 1 is 1.17 bits per heavy atom. The van der Waals surface area contributed by atoms with Crippen molar-refractivity contribution in [1.82, 2.24) is 24.6 Å². The molecule has 0 amide bonds. The van der Waals surface area contributed by atoms with Crippen LogP contribution in [0.5, 0.6) is 5.75 Å². The Morgan fingerprint density at radius 3 is 2.72 bits per heavy atom. The lowest BCUT2D eigenvalue weighted by Crippen LogP contribution is -2.17. The number of aliphatic imine (C=N–C) groups is 1. The third-order valence-corrected chi connectivity index (χ3v) is 4.68. The fraction of sp³-hybridized carbons (Fsp3) is 0.286. The molecule has 150 valence electrons. The van der Waals surface area contributed by atoms with Crippen LogP contribution in [0, 0.1) is 0 Å². The third-order valence-electron chi connectivity index (χ3n) is 4.68. The van der Waals surface area contributed by atoms with Gasteiger partial charge in [0.15, 0.2) is 11.7 Å². The lowest BCUT2D eigenvalue weighted by atomic mass is 10.3. The minimum absolute atomic E-state index is 0.201. The van der Waals surface area contributed by atoms with Gasteiger partial charge in [-0.25, -0.2) is 4.98 Å². The van der Waals surface area contributed by atoms with E-state index in [1.54, 1.807) is 22.9 Å². The summed E-state index contributed by atoms with van der Waals surface area (Å²) >= 11 is 0. The van der Waals surface area contributed by atoms with E-state index >= 15 is 0 Å². The lowest BCUT2D eigenvalue weighted by molar-refractivity contribution is 0.475. The summed E-state index contributed by atoms with van der Waals surface area (Å²) in [7, 11) is 1.88. The third kappa shape index (κ3) is 4.55. The molecule has 2 aliphatic rings. The second kappa shape index (κ2) is 8.74. The molecule has 1 fully saturated rings. The molecule has 29 heavy (non-hydrogen) atoms. The molecule has 1 saturated heterocycles. The van der Waals surface area contributed by atoms with Crippen LogP contribution >= 0.6 is 0 Å². The molecule has 8 nitrogen and oxygen atoms in total. The van der Waals surface area contributed by atoms with Gasteiger partial charge in [-0.2, -0.15) is 5.10 Å². The Balaban J connectivity index is 0.000000359. The van der Waals surface area contributed by atoms with Gasteiger partial charge in [-0.3, -0.25) is 14.2 Å². The van der Waals surface area contributed by atoms with Crippen LogP contribution in [-0.4, -0.2) is 49.9 Å². The largest absolute Gasteiger partial charge is 0.508 e. The van der Waals surface area contributed by atoms with Crippen molar-refractivity contribution in [3.8, 4) is 17.0 Å². The standard InChI is InChI=1S/C17H16N6O.C4H9N/c1-22-11-12(9-20-22)15-10-19-17-16(18-6-3-7-23(15)17)21-13-4-2-5-14(24)8-13;1-2-4-5-3-1/h2-5,7-11,24H,6H2,1H3,(H,18,21);5H,1-4H2. The monoisotopic (exact) mass is 391 g/mol. The van der Waals surface area contributed by atoms with Crippen molar-refractivity contribution in [2.75, 3.05) is 25.0 Å². The number of phenolic OH excluding ortho intramolecular Hbond substituents is 1. The SMILES string of the molecule is C1CCNC1.Cn1cc(-c2cnc3n2C=CCN=C3Nc2cccc(O)c2)cn1. The van der Waals surface area contributed by atoms with Crippen molar-refractivity contribution in [3.63, 3.8) is 0 Å². The molecule has 0 unspecified atom stereocenters. The molecule has 3 aromatic rings. The van der Waals surface area contributed by atoms with Gasteiger partial charge < -0.3 is 15.7 Å². The minimum atomic E-state index is 0.201. The van der Waals surface area contributed by atoms with Crippen LogP contribution in [0.1, 0.15) is 18.7 Å². The molecular weight excluding hydrogens is 366 g/mol. The number of aromatic hydroxyl groups is 1. The summed E-state index contributed by atoms with van der Waals surface area (Å²) in [5.74, 6) is 1.57. The number of benzene rings is 1. The van der Waals surface area contributed by atoms with E-state index in [-0.39, 0.29) is 5.75 Å². The maximum atomic E-state index is 9.63. The van der Waals surface area contributed by atoms with Crippen LogP contribution in [0.25, 0.3) is 17.5 Å². The number of nitrogens with one attached hydrogen (secondary N) is 2. The van der Waals surface area contributed by atoms with Crippen LogP contribution in [0.15, 0.2) is 53.9 Å². The van der Waals surface area contributed by atoms with Crippen LogP contribution < -0.4 is 10.6 Å². The Bertz CT molecular complexity index is 1020. The Hall–Kier alpha value is -3.39. The number of imidazole rings is 1. The summed E-state index contributed by atoms with van der Waals surface area (Å²) in [6.45, 7) is 3.05. The number of aryl methyl sites for hydroxylation is 1. The van der Waals surface area contributed by atoms with E-state index in [0.717, 1.165) is 16.9 Å². The zero-order valence-electron chi connectivity index (χ0n) is 16.4. The molecule has 0 radical (unpaired) electrons. The normalized spacial score (nSPS) is 15.1. The van der Waals surface area contributed by atoms with E-state index in [1.165, 1.54) is 25.9 Å². The lowest BCUT2D eigenvalue weighted by Gasteiger charge is -2.10. The molecule has 0 atom stereocenters. The molecule has 5 rings (SSSR count). The van der Waals surface area contributed by atoms with E-state index in [9.17, 15) is 5.11 Å². The maximum Gasteiger partial charge on any atom is 0.180 e. The molecule has 0 saturated carbocycles. The Kier molecular flexibility index (Phi) is 5.71. The fourth-order valence-corrected chi connectivity index (χ4v) is 3.26. The number of rotatable bonds is 2. The number of anilines is 1. The highest BCUT2D eigenvalue weighted by molar-refractivity contribution is 6.07. The van der Waals surface area contributed by atoms with E-state index in [1.807, 2.05) is 48.5 Å². The topological polar surface area (TPSA) is 92.3 Å². The predicted octanol–water partition coefficient (Wildman–Crippen LogP) is 2.70. The quantitative estimate of drug-likeness (QED) is 0.625. The number of phenols is 1. The van der Waals surface area contributed by atoms with Gasteiger partial charge in [0.05, 0.1) is 24.6 Å². The Labute approximate surface area is 169 Å². The molecule has 3 N–H and O–H groups in total. The van der Waals surface area contributed by atoms with Crippen molar-refractivity contribution in [1.29, 1.82) is 0 Å². The molecule has 0 spiro atoms. The zero-order valence-corrected chi connectivity index (χ0v) is 16.4. The van der Waals surface area contributed by atoms with Crippen molar-refractivity contribution >= 4 is 17.7 Å². The second-order valence-electron chi connectivity index (χ2n) is 6.95. The highest BCUT2D eigenvalue weighted by Crippen LogP contribution is 2.23. The molecular formula is C21H25N7O. The highest BCUT2D eigenvalue weighted by atomic mass is 16.3. The maximum absolute atomic E-state index is 9.63. The van der Waals surface area contributed by atoms with Crippen molar-refractivity contribution in [3.05, 3.63) is 54.8 Å². The van der Waals surface area contributed by atoms with Crippen molar-refractivity contribution in [2.24, 2.45) is 12.0 Å². The Morgan fingerprint density at radius 2 is 2.03 bits per heavy atom. The molecule has 1 aromatic carbocycles. The van der Waals surface area contributed by atoms with E-state index in [0.29, 0.717) is 18.2 Å². The van der Waals surface area contributed by atoms with Crippen LogP contribution in [0.4, 0.5) is 5.69 Å². The molecule has 0 bridgehead atoms. The van der Waals surface area contributed by atoms with Gasteiger partial charge in [-0.15, -0.1) is 0 Å². The highest BCUT2D eigenvalue weighted by Gasteiger charge is 2.17. The second-order valence-corrected chi connectivity index (χ2v) is 6.95. The average Bonchev–Trinajstić information content (AvgIpc) is 3.46. The van der Waals surface area contributed by atoms with Gasteiger partial charge >= 0.3 is 0 Å². The van der Waals surface area contributed by atoms with Gasteiger partial charge in [-0.1, -0.05) is 6.07 Å². The first kappa shape index (κ1) is 18.9. The summed E-state index contributed by atoms with van der Waals surface area (Å²) in [6.07, 6.45) is 12.3. The van der Waals surface area contributed by atoms with Gasteiger partial charge in [0, 0.05) is 36.8 Å². The van der Waals surface area contributed by atoms with Gasteiger partial charge in [0.2, 0.25) is 0 Å². The number of fused-ring (bicyclic) bond motifs is 1. The first-order chi connectivity index (χ1) is 14.2. The molecule has 4 heterocycles. The molecule has 2 aromatic heterocycles. The van der Waals surface area contributed by atoms with Gasteiger partial charge in [-0.05, 0) is 44.1 Å². The predicted molar refractivity (Wildman–Crippen MR) is 115 cm³/mol. The summed E-state index contributed by atoms with van der Waals surface area (Å²) < 4.78 is 3.74. The molecule has 2 aliphatic heterocycles. The summed E-state index contributed by atoms with van der Waals surface area (Å²) in [6, 6.07) is 6.93. The van der Waals surface area contributed by atoms with E-state index in [2.05, 4.69) is 25.7 Å². The summed E-state index contributed by atoms with van der Waals surface area (Å²) in [5.41, 5.74) is 2.69. The number of hydrogen-bond acceptors (Lipinski definition) is 6.